The number of benzene rings is 1. The van der Waals surface area contributed by atoms with Crippen molar-refractivity contribution in [2.24, 2.45) is 0 Å². The lowest BCUT2D eigenvalue weighted by Crippen LogP contribution is -2.48. The maximum atomic E-state index is 12.0. The van der Waals surface area contributed by atoms with E-state index in [2.05, 4.69) is 10.2 Å². The van der Waals surface area contributed by atoms with E-state index in [1.807, 2.05) is 35.7 Å². The molecule has 1 aliphatic rings. The molecular weight excluding hydrogens is 346 g/mol. The smallest absolute Gasteiger partial charge is 0.265 e. The summed E-state index contributed by atoms with van der Waals surface area (Å²) in [4.78, 5) is 14.8. The summed E-state index contributed by atoms with van der Waals surface area (Å²) in [6.45, 7) is 2.31. The van der Waals surface area contributed by atoms with Crippen molar-refractivity contribution in [2.45, 2.75) is 0 Å². The van der Waals surface area contributed by atoms with Gasteiger partial charge in [0, 0.05) is 37.6 Å². The number of piperazine rings is 1. The molecule has 0 aliphatic carbocycles. The zero-order valence-electron chi connectivity index (χ0n) is 13.3. The van der Waals surface area contributed by atoms with Gasteiger partial charge in [-0.25, -0.2) is 8.42 Å². The summed E-state index contributed by atoms with van der Waals surface area (Å²) in [5, 5.41) is 4.74. The molecule has 1 aliphatic heterocycles. The topological polar surface area (TPSA) is 69.7 Å². The van der Waals surface area contributed by atoms with Crippen molar-refractivity contribution >= 4 is 38.6 Å². The third-order valence-electron chi connectivity index (χ3n) is 3.94. The highest BCUT2D eigenvalue weighted by Crippen LogP contribution is 2.21. The standard InChI is InChI=1S/C16H19N3O3S2/c1-24(21,22)19-10-8-18(9-11-19)14-6-4-13(5-7-14)17-16(20)15-3-2-12-23-15/h2-7,12H,8-11H2,1H3,(H,17,20). The molecule has 8 heteroatoms. The predicted molar refractivity (Wildman–Crippen MR) is 97.3 cm³/mol. The van der Waals surface area contributed by atoms with Crippen LogP contribution in [0.1, 0.15) is 9.67 Å². The Hall–Kier alpha value is -1.90. The van der Waals surface area contributed by atoms with Gasteiger partial charge in [-0.05, 0) is 35.7 Å². The molecule has 1 aromatic heterocycles. The van der Waals surface area contributed by atoms with Crippen LogP contribution in [-0.2, 0) is 10.0 Å². The van der Waals surface area contributed by atoms with Crippen molar-refractivity contribution < 1.29 is 13.2 Å². The van der Waals surface area contributed by atoms with Crippen LogP contribution < -0.4 is 10.2 Å². The van der Waals surface area contributed by atoms with Gasteiger partial charge in [0.15, 0.2) is 0 Å². The number of sulfonamides is 1. The van der Waals surface area contributed by atoms with E-state index < -0.39 is 10.0 Å². The molecule has 0 saturated carbocycles. The second-order valence-electron chi connectivity index (χ2n) is 5.63. The molecule has 0 unspecified atom stereocenters. The summed E-state index contributed by atoms with van der Waals surface area (Å²) in [6.07, 6.45) is 1.24. The van der Waals surface area contributed by atoms with Crippen LogP contribution >= 0.6 is 11.3 Å². The minimum Gasteiger partial charge on any atom is -0.369 e. The van der Waals surface area contributed by atoms with Gasteiger partial charge in [-0.1, -0.05) is 6.07 Å². The highest BCUT2D eigenvalue weighted by atomic mass is 32.2. The lowest BCUT2D eigenvalue weighted by atomic mass is 10.2. The molecule has 0 bridgehead atoms. The van der Waals surface area contributed by atoms with Crippen molar-refractivity contribution in [3.8, 4) is 0 Å². The second kappa shape index (κ2) is 6.92. The van der Waals surface area contributed by atoms with E-state index in [1.54, 1.807) is 6.07 Å². The monoisotopic (exact) mass is 365 g/mol. The molecule has 1 saturated heterocycles. The summed E-state index contributed by atoms with van der Waals surface area (Å²) in [6, 6.07) is 11.3. The Morgan fingerprint density at radius 3 is 2.29 bits per heavy atom. The van der Waals surface area contributed by atoms with Crippen LogP contribution in [-0.4, -0.2) is 51.1 Å². The lowest BCUT2D eigenvalue weighted by Gasteiger charge is -2.34. The molecule has 2 aromatic rings. The van der Waals surface area contributed by atoms with Gasteiger partial charge in [0.05, 0.1) is 11.1 Å². The molecule has 24 heavy (non-hydrogen) atoms. The average Bonchev–Trinajstić information content (AvgIpc) is 3.09. The molecule has 128 valence electrons. The van der Waals surface area contributed by atoms with E-state index >= 15 is 0 Å². The number of hydrogen-bond acceptors (Lipinski definition) is 5. The third-order valence-corrected chi connectivity index (χ3v) is 6.11. The molecular formula is C16H19N3O3S2. The zero-order valence-corrected chi connectivity index (χ0v) is 14.9. The van der Waals surface area contributed by atoms with Crippen LogP contribution in [0.25, 0.3) is 0 Å². The Morgan fingerprint density at radius 1 is 1.08 bits per heavy atom. The number of rotatable bonds is 4. The first-order chi connectivity index (χ1) is 11.4. The number of nitrogens with zero attached hydrogens (tertiary/aromatic N) is 2. The van der Waals surface area contributed by atoms with E-state index in [-0.39, 0.29) is 5.91 Å². The van der Waals surface area contributed by atoms with Crippen LogP contribution in [0.5, 0.6) is 0 Å². The first-order valence-electron chi connectivity index (χ1n) is 7.58. The van der Waals surface area contributed by atoms with Crippen LogP contribution in [0.15, 0.2) is 41.8 Å². The van der Waals surface area contributed by atoms with Gasteiger partial charge >= 0.3 is 0 Å². The normalized spacial score (nSPS) is 16.1. The van der Waals surface area contributed by atoms with Crippen molar-refractivity contribution in [1.29, 1.82) is 0 Å². The summed E-state index contributed by atoms with van der Waals surface area (Å²) < 4.78 is 24.6. The summed E-state index contributed by atoms with van der Waals surface area (Å²) >= 11 is 1.40. The summed E-state index contributed by atoms with van der Waals surface area (Å²) in [5.74, 6) is -0.112. The maximum absolute atomic E-state index is 12.0. The van der Waals surface area contributed by atoms with Gasteiger partial charge < -0.3 is 10.2 Å². The number of carbonyl (C=O) groups excluding carboxylic acids is 1. The number of amides is 1. The lowest BCUT2D eigenvalue weighted by molar-refractivity contribution is 0.103. The molecule has 3 rings (SSSR count). The van der Waals surface area contributed by atoms with E-state index in [4.69, 9.17) is 0 Å². The molecule has 1 fully saturated rings. The van der Waals surface area contributed by atoms with Gasteiger partial charge in [0.1, 0.15) is 0 Å². The quantitative estimate of drug-likeness (QED) is 0.901. The number of carbonyl (C=O) groups is 1. The average molecular weight is 365 g/mol. The Kier molecular flexibility index (Phi) is 4.88. The van der Waals surface area contributed by atoms with Gasteiger partial charge in [-0.3, -0.25) is 4.79 Å². The number of nitrogens with one attached hydrogen (secondary N) is 1. The largest absolute Gasteiger partial charge is 0.369 e. The van der Waals surface area contributed by atoms with Crippen molar-refractivity contribution in [2.75, 3.05) is 42.7 Å². The minimum absolute atomic E-state index is 0.112. The fourth-order valence-corrected chi connectivity index (χ4v) is 4.08. The second-order valence-corrected chi connectivity index (χ2v) is 8.56. The summed E-state index contributed by atoms with van der Waals surface area (Å²) in [7, 11) is -3.11. The van der Waals surface area contributed by atoms with Gasteiger partial charge in [0.2, 0.25) is 10.0 Å². The van der Waals surface area contributed by atoms with Gasteiger partial charge in [0.25, 0.3) is 5.91 Å². The Balaban J connectivity index is 1.60. The Bertz CT molecular complexity index is 794. The molecule has 0 atom stereocenters. The molecule has 0 spiro atoms. The first-order valence-corrected chi connectivity index (χ1v) is 10.3. The van der Waals surface area contributed by atoms with Crippen LogP contribution in [0.2, 0.25) is 0 Å². The van der Waals surface area contributed by atoms with Crippen LogP contribution in [0.3, 0.4) is 0 Å². The first kappa shape index (κ1) is 16.9. The fraction of sp³-hybridized carbons (Fsp3) is 0.312. The van der Waals surface area contributed by atoms with Gasteiger partial charge in [-0.15, -0.1) is 11.3 Å². The zero-order chi connectivity index (χ0) is 17.2. The third kappa shape index (κ3) is 3.95. The van der Waals surface area contributed by atoms with E-state index in [9.17, 15) is 13.2 Å². The summed E-state index contributed by atoms with van der Waals surface area (Å²) in [5.41, 5.74) is 1.77. The molecule has 1 aromatic carbocycles. The molecule has 1 amide bonds. The highest BCUT2D eigenvalue weighted by molar-refractivity contribution is 7.88. The van der Waals surface area contributed by atoms with Gasteiger partial charge in [-0.2, -0.15) is 4.31 Å². The van der Waals surface area contributed by atoms with Crippen LogP contribution in [0, 0.1) is 0 Å². The minimum atomic E-state index is -3.11. The molecule has 0 radical (unpaired) electrons. The van der Waals surface area contributed by atoms with E-state index in [0.29, 0.717) is 31.1 Å². The molecule has 2 heterocycles. The van der Waals surface area contributed by atoms with Crippen molar-refractivity contribution in [3.63, 3.8) is 0 Å². The number of hydrogen-bond donors (Lipinski definition) is 1. The maximum Gasteiger partial charge on any atom is 0.265 e. The van der Waals surface area contributed by atoms with Crippen LogP contribution in [0.4, 0.5) is 11.4 Å². The predicted octanol–water partition coefficient (Wildman–Crippen LogP) is 2.08. The van der Waals surface area contributed by atoms with E-state index in [0.717, 1.165) is 11.4 Å². The fourth-order valence-electron chi connectivity index (χ4n) is 2.63. The SMILES string of the molecule is CS(=O)(=O)N1CCN(c2ccc(NC(=O)c3cccs3)cc2)CC1. The highest BCUT2D eigenvalue weighted by Gasteiger charge is 2.23. The molecule has 6 nitrogen and oxygen atoms in total. The Morgan fingerprint density at radius 2 is 1.75 bits per heavy atom. The molecule has 1 N–H and O–H groups in total. The number of thiophene rings is 1. The van der Waals surface area contributed by atoms with Crippen molar-refractivity contribution in [3.05, 3.63) is 46.7 Å². The Labute approximate surface area is 145 Å². The number of anilines is 2. The van der Waals surface area contributed by atoms with Crippen molar-refractivity contribution in [1.82, 2.24) is 4.31 Å². The van der Waals surface area contributed by atoms with E-state index in [1.165, 1.54) is 21.9 Å².